The van der Waals surface area contributed by atoms with E-state index in [2.05, 4.69) is 5.32 Å². The van der Waals surface area contributed by atoms with E-state index in [0.717, 1.165) is 0 Å². The van der Waals surface area contributed by atoms with Crippen molar-refractivity contribution in [3.05, 3.63) is 48.0 Å². The van der Waals surface area contributed by atoms with Gasteiger partial charge >= 0.3 is 0 Å². The van der Waals surface area contributed by atoms with Crippen molar-refractivity contribution >= 4 is 29.0 Å². The van der Waals surface area contributed by atoms with Gasteiger partial charge in [-0.3, -0.25) is 14.4 Å². The zero-order chi connectivity index (χ0) is 20.3. The Bertz CT molecular complexity index is 908. The highest BCUT2D eigenvalue weighted by Crippen LogP contribution is 2.34. The van der Waals surface area contributed by atoms with E-state index in [-0.39, 0.29) is 30.4 Å². The lowest BCUT2D eigenvalue weighted by atomic mass is 10.0. The van der Waals surface area contributed by atoms with Gasteiger partial charge in [-0.2, -0.15) is 0 Å². The number of ketones is 1. The molecule has 1 atom stereocenters. The second kappa shape index (κ2) is 8.12. The Morgan fingerprint density at radius 1 is 1.14 bits per heavy atom. The molecule has 0 radical (unpaired) electrons. The summed E-state index contributed by atoms with van der Waals surface area (Å²) < 4.78 is 10.6. The Hall–Kier alpha value is -3.35. The summed E-state index contributed by atoms with van der Waals surface area (Å²) in [5.41, 5.74) is 1.63. The first-order valence-corrected chi connectivity index (χ1v) is 8.94. The lowest BCUT2D eigenvalue weighted by molar-refractivity contribution is -0.125. The van der Waals surface area contributed by atoms with Crippen LogP contribution in [0, 0.1) is 0 Å². The number of fused-ring (bicyclic) bond motifs is 1. The van der Waals surface area contributed by atoms with Crippen LogP contribution in [0.2, 0.25) is 0 Å². The number of hydrogen-bond acceptors (Lipinski definition) is 5. The van der Waals surface area contributed by atoms with E-state index >= 15 is 0 Å². The molecule has 1 unspecified atom stereocenters. The minimum absolute atomic E-state index is 0.0598. The Morgan fingerprint density at radius 3 is 2.54 bits per heavy atom. The standard InChI is InChI=1S/C21H22N2O5/c1-13-21(26)23(2)17-12-14(4-10-19(17)28-13)18(24)9-11-20(25)22-15-5-7-16(27-3)8-6-15/h4-8,10,12-13H,9,11H2,1-3H3,(H,22,25). The second-order valence-electron chi connectivity index (χ2n) is 6.54. The topological polar surface area (TPSA) is 84.9 Å². The average Bonchev–Trinajstić information content (AvgIpc) is 2.70. The number of Topliss-reactive ketones (excluding diaryl/α,β-unsaturated/α-hetero) is 1. The summed E-state index contributed by atoms with van der Waals surface area (Å²) in [5.74, 6) is 0.662. The number of methoxy groups -OCH3 is 1. The highest BCUT2D eigenvalue weighted by Gasteiger charge is 2.29. The molecule has 1 N–H and O–H groups in total. The Labute approximate surface area is 163 Å². The van der Waals surface area contributed by atoms with Gasteiger partial charge in [0, 0.05) is 31.1 Å². The number of anilines is 2. The van der Waals surface area contributed by atoms with E-state index in [0.29, 0.717) is 28.4 Å². The molecule has 0 aromatic heterocycles. The van der Waals surface area contributed by atoms with Crippen LogP contribution in [0.3, 0.4) is 0 Å². The minimum atomic E-state index is -0.555. The van der Waals surface area contributed by atoms with Gasteiger partial charge in [-0.15, -0.1) is 0 Å². The first-order chi connectivity index (χ1) is 13.4. The van der Waals surface area contributed by atoms with E-state index in [4.69, 9.17) is 9.47 Å². The van der Waals surface area contributed by atoms with E-state index in [9.17, 15) is 14.4 Å². The third kappa shape index (κ3) is 4.14. The second-order valence-corrected chi connectivity index (χ2v) is 6.54. The number of amides is 2. The van der Waals surface area contributed by atoms with Crippen molar-refractivity contribution in [2.24, 2.45) is 0 Å². The fraction of sp³-hybridized carbons (Fsp3) is 0.286. The first-order valence-electron chi connectivity index (χ1n) is 8.94. The van der Waals surface area contributed by atoms with Crippen molar-refractivity contribution in [3.63, 3.8) is 0 Å². The summed E-state index contributed by atoms with van der Waals surface area (Å²) in [7, 11) is 3.22. The van der Waals surface area contributed by atoms with Gasteiger partial charge in [0.2, 0.25) is 5.91 Å². The van der Waals surface area contributed by atoms with Gasteiger partial charge in [-0.25, -0.2) is 0 Å². The lowest BCUT2D eigenvalue weighted by Crippen LogP contribution is -2.42. The highest BCUT2D eigenvalue weighted by molar-refractivity contribution is 6.04. The Balaban J connectivity index is 1.60. The average molecular weight is 382 g/mol. The molecule has 7 heteroatoms. The molecule has 1 aliphatic heterocycles. The third-order valence-electron chi connectivity index (χ3n) is 4.58. The van der Waals surface area contributed by atoms with Gasteiger partial charge in [0.15, 0.2) is 11.9 Å². The summed E-state index contributed by atoms with van der Waals surface area (Å²) in [6.07, 6.45) is -0.430. The van der Waals surface area contributed by atoms with Crippen molar-refractivity contribution in [2.75, 3.05) is 24.4 Å². The molecule has 2 aromatic rings. The smallest absolute Gasteiger partial charge is 0.267 e. The van der Waals surface area contributed by atoms with Crippen LogP contribution in [0.4, 0.5) is 11.4 Å². The maximum atomic E-state index is 12.5. The predicted molar refractivity (Wildman–Crippen MR) is 105 cm³/mol. The molecular weight excluding hydrogens is 360 g/mol. The molecule has 1 aliphatic rings. The molecule has 1 heterocycles. The predicted octanol–water partition coefficient (Wildman–Crippen LogP) is 3.04. The summed E-state index contributed by atoms with van der Waals surface area (Å²) in [5, 5.41) is 2.75. The molecule has 0 aliphatic carbocycles. The molecule has 2 amide bonds. The van der Waals surface area contributed by atoms with Gasteiger partial charge < -0.3 is 19.7 Å². The van der Waals surface area contributed by atoms with Gasteiger partial charge in [-0.05, 0) is 49.4 Å². The van der Waals surface area contributed by atoms with E-state index < -0.39 is 6.10 Å². The zero-order valence-electron chi connectivity index (χ0n) is 16.0. The molecule has 28 heavy (non-hydrogen) atoms. The normalized spacial score (nSPS) is 15.5. The van der Waals surface area contributed by atoms with Crippen molar-refractivity contribution < 1.29 is 23.9 Å². The molecule has 0 saturated carbocycles. The lowest BCUT2D eigenvalue weighted by Gasteiger charge is -2.30. The van der Waals surface area contributed by atoms with Gasteiger partial charge in [-0.1, -0.05) is 0 Å². The fourth-order valence-electron chi connectivity index (χ4n) is 2.95. The summed E-state index contributed by atoms with van der Waals surface area (Å²) in [6.45, 7) is 1.68. The Morgan fingerprint density at radius 2 is 1.86 bits per heavy atom. The highest BCUT2D eigenvalue weighted by atomic mass is 16.5. The van der Waals surface area contributed by atoms with Crippen LogP contribution in [-0.4, -0.2) is 37.9 Å². The largest absolute Gasteiger partial charge is 0.497 e. The maximum absolute atomic E-state index is 12.5. The van der Waals surface area contributed by atoms with Crippen molar-refractivity contribution in [3.8, 4) is 11.5 Å². The summed E-state index contributed by atoms with van der Waals surface area (Å²) in [4.78, 5) is 38.1. The van der Waals surface area contributed by atoms with Crippen LogP contribution in [0.1, 0.15) is 30.1 Å². The zero-order valence-corrected chi connectivity index (χ0v) is 16.0. The minimum Gasteiger partial charge on any atom is -0.497 e. The summed E-state index contributed by atoms with van der Waals surface area (Å²) >= 11 is 0. The molecule has 0 spiro atoms. The van der Waals surface area contributed by atoms with Crippen molar-refractivity contribution in [1.82, 2.24) is 0 Å². The number of nitrogens with one attached hydrogen (secondary N) is 1. The quantitative estimate of drug-likeness (QED) is 0.776. The molecule has 0 fully saturated rings. The molecule has 7 nitrogen and oxygen atoms in total. The number of nitrogens with zero attached hydrogens (tertiary/aromatic N) is 1. The third-order valence-corrected chi connectivity index (χ3v) is 4.58. The number of rotatable bonds is 6. The van der Waals surface area contributed by atoms with Crippen LogP contribution in [-0.2, 0) is 9.59 Å². The first kappa shape index (κ1) is 19.4. The molecule has 0 saturated heterocycles. The number of likely N-dealkylation sites (N-methyl/N-ethyl adjacent to an activating group) is 1. The number of carbonyl (C=O) groups is 3. The Kier molecular flexibility index (Phi) is 5.63. The van der Waals surface area contributed by atoms with Crippen LogP contribution in [0.5, 0.6) is 11.5 Å². The van der Waals surface area contributed by atoms with E-state index in [1.165, 1.54) is 4.90 Å². The monoisotopic (exact) mass is 382 g/mol. The molecule has 3 rings (SSSR count). The van der Waals surface area contributed by atoms with Crippen LogP contribution >= 0.6 is 0 Å². The molecule has 146 valence electrons. The van der Waals surface area contributed by atoms with Gasteiger partial charge in [0.05, 0.1) is 12.8 Å². The van der Waals surface area contributed by atoms with Crippen molar-refractivity contribution in [2.45, 2.75) is 25.9 Å². The van der Waals surface area contributed by atoms with Gasteiger partial charge in [0.25, 0.3) is 5.91 Å². The summed E-state index contributed by atoms with van der Waals surface area (Å²) in [6, 6.07) is 11.9. The van der Waals surface area contributed by atoms with Gasteiger partial charge in [0.1, 0.15) is 11.5 Å². The van der Waals surface area contributed by atoms with Crippen LogP contribution in [0.15, 0.2) is 42.5 Å². The number of carbonyl (C=O) groups excluding carboxylic acids is 3. The number of benzene rings is 2. The fourth-order valence-corrected chi connectivity index (χ4v) is 2.95. The molecular formula is C21H22N2O5. The van der Waals surface area contributed by atoms with E-state index in [1.807, 2.05) is 0 Å². The van der Waals surface area contributed by atoms with E-state index in [1.54, 1.807) is 63.5 Å². The molecule has 0 bridgehead atoms. The maximum Gasteiger partial charge on any atom is 0.267 e. The number of hydrogen-bond donors (Lipinski definition) is 1. The number of ether oxygens (including phenoxy) is 2. The molecule has 2 aromatic carbocycles. The van der Waals surface area contributed by atoms with Crippen LogP contribution < -0.4 is 19.7 Å². The SMILES string of the molecule is COc1ccc(NC(=O)CCC(=O)c2ccc3c(c2)N(C)C(=O)C(C)O3)cc1. The van der Waals surface area contributed by atoms with Crippen LogP contribution in [0.25, 0.3) is 0 Å². The van der Waals surface area contributed by atoms with Crippen molar-refractivity contribution in [1.29, 1.82) is 0 Å².